The van der Waals surface area contributed by atoms with E-state index >= 15 is 0 Å². The Kier molecular flexibility index (Phi) is 5.58. The lowest BCUT2D eigenvalue weighted by Crippen LogP contribution is -2.49. The van der Waals surface area contributed by atoms with Gasteiger partial charge in [-0.05, 0) is 45.8 Å². The summed E-state index contributed by atoms with van der Waals surface area (Å²) in [6.07, 6.45) is 5.74. The molecule has 2 atom stereocenters. The van der Waals surface area contributed by atoms with Crippen LogP contribution >= 0.6 is 0 Å². The van der Waals surface area contributed by atoms with Crippen LogP contribution in [0.1, 0.15) is 46.0 Å². The third-order valence-corrected chi connectivity index (χ3v) is 3.37. The Balaban J connectivity index is 2.35. The number of aliphatic hydroxyl groups is 1. The van der Waals surface area contributed by atoms with Crippen molar-refractivity contribution in [3.63, 3.8) is 0 Å². The summed E-state index contributed by atoms with van der Waals surface area (Å²) in [6, 6.07) is 0.277. The molecule has 15 heavy (non-hydrogen) atoms. The Bertz CT molecular complexity index is 163. The first-order valence-corrected chi connectivity index (χ1v) is 6.33. The van der Waals surface area contributed by atoms with E-state index in [2.05, 4.69) is 17.6 Å². The molecular formula is C12H26N2O. The fourth-order valence-corrected chi connectivity index (χ4v) is 2.25. The van der Waals surface area contributed by atoms with E-state index in [4.69, 9.17) is 0 Å². The van der Waals surface area contributed by atoms with E-state index in [9.17, 15) is 5.11 Å². The van der Waals surface area contributed by atoms with Crippen LogP contribution in [0.25, 0.3) is 0 Å². The zero-order valence-corrected chi connectivity index (χ0v) is 10.2. The summed E-state index contributed by atoms with van der Waals surface area (Å²) < 4.78 is 0. The predicted molar refractivity (Wildman–Crippen MR) is 64.0 cm³/mol. The maximum absolute atomic E-state index is 10.4. The van der Waals surface area contributed by atoms with Crippen molar-refractivity contribution in [2.75, 3.05) is 19.6 Å². The van der Waals surface area contributed by atoms with E-state index in [0.29, 0.717) is 0 Å². The lowest BCUT2D eigenvalue weighted by atomic mass is 9.89. The molecule has 1 aliphatic rings. The zero-order valence-electron chi connectivity index (χ0n) is 10.2. The first-order valence-electron chi connectivity index (χ1n) is 6.33. The molecule has 0 aromatic rings. The molecule has 0 aromatic carbocycles. The first kappa shape index (κ1) is 12.9. The molecule has 0 aromatic heterocycles. The largest absolute Gasteiger partial charge is 0.389 e. The second-order valence-electron chi connectivity index (χ2n) is 4.82. The highest BCUT2D eigenvalue weighted by Crippen LogP contribution is 2.21. The molecule has 3 nitrogen and oxygen atoms in total. The summed E-state index contributed by atoms with van der Waals surface area (Å²) in [5.41, 5.74) is -0.563. The van der Waals surface area contributed by atoms with Gasteiger partial charge in [0.2, 0.25) is 0 Å². The van der Waals surface area contributed by atoms with Gasteiger partial charge in [-0.25, -0.2) is 0 Å². The van der Waals surface area contributed by atoms with E-state index < -0.39 is 5.60 Å². The summed E-state index contributed by atoms with van der Waals surface area (Å²) in [7, 11) is 0. The quantitative estimate of drug-likeness (QED) is 0.604. The summed E-state index contributed by atoms with van der Waals surface area (Å²) in [5.74, 6) is 0. The summed E-state index contributed by atoms with van der Waals surface area (Å²) in [6.45, 7) is 7.00. The molecule has 0 saturated carbocycles. The molecule has 0 bridgehead atoms. The third kappa shape index (κ3) is 4.49. The van der Waals surface area contributed by atoms with Gasteiger partial charge in [0.1, 0.15) is 0 Å². The van der Waals surface area contributed by atoms with Crippen molar-refractivity contribution >= 4 is 0 Å². The number of nitrogens with one attached hydrogen (secondary N) is 2. The van der Waals surface area contributed by atoms with E-state index in [-0.39, 0.29) is 6.04 Å². The van der Waals surface area contributed by atoms with Crippen LogP contribution in [0.2, 0.25) is 0 Å². The van der Waals surface area contributed by atoms with E-state index in [1.165, 1.54) is 19.3 Å². The minimum absolute atomic E-state index is 0.277. The van der Waals surface area contributed by atoms with E-state index in [1.807, 2.05) is 6.92 Å². The second kappa shape index (κ2) is 6.46. The Morgan fingerprint density at radius 1 is 1.40 bits per heavy atom. The molecule has 1 saturated heterocycles. The highest BCUT2D eigenvalue weighted by molar-refractivity contribution is 4.89. The van der Waals surface area contributed by atoms with Crippen molar-refractivity contribution in [3.8, 4) is 0 Å². The number of hydrogen-bond donors (Lipinski definition) is 3. The summed E-state index contributed by atoms with van der Waals surface area (Å²) in [5, 5.41) is 17.1. The van der Waals surface area contributed by atoms with Gasteiger partial charge in [-0.3, -0.25) is 0 Å². The molecule has 3 N–H and O–H groups in total. The van der Waals surface area contributed by atoms with Crippen LogP contribution in [0.15, 0.2) is 0 Å². The number of hydrogen-bond acceptors (Lipinski definition) is 3. The van der Waals surface area contributed by atoms with Crippen molar-refractivity contribution in [2.24, 2.45) is 0 Å². The summed E-state index contributed by atoms with van der Waals surface area (Å²) in [4.78, 5) is 0. The molecule has 0 spiro atoms. The molecule has 1 fully saturated rings. The van der Waals surface area contributed by atoms with Crippen LogP contribution in [-0.2, 0) is 0 Å². The molecule has 0 radical (unpaired) electrons. The van der Waals surface area contributed by atoms with Gasteiger partial charge >= 0.3 is 0 Å². The van der Waals surface area contributed by atoms with Crippen LogP contribution in [0.5, 0.6) is 0 Å². The van der Waals surface area contributed by atoms with Gasteiger partial charge in [-0.1, -0.05) is 19.8 Å². The van der Waals surface area contributed by atoms with Crippen LogP contribution in [-0.4, -0.2) is 36.4 Å². The maximum Gasteiger partial charge on any atom is 0.0784 e. The first-order chi connectivity index (χ1) is 7.17. The van der Waals surface area contributed by atoms with E-state index in [0.717, 1.165) is 32.5 Å². The topological polar surface area (TPSA) is 44.3 Å². The minimum Gasteiger partial charge on any atom is -0.389 e. The van der Waals surface area contributed by atoms with Crippen molar-refractivity contribution in [3.05, 3.63) is 0 Å². The fraction of sp³-hybridized carbons (Fsp3) is 1.00. The lowest BCUT2D eigenvalue weighted by molar-refractivity contribution is 0.0104. The van der Waals surface area contributed by atoms with Crippen molar-refractivity contribution < 1.29 is 5.11 Å². The van der Waals surface area contributed by atoms with E-state index in [1.54, 1.807) is 0 Å². The molecule has 2 unspecified atom stereocenters. The van der Waals surface area contributed by atoms with Gasteiger partial charge in [0.05, 0.1) is 5.60 Å². The van der Waals surface area contributed by atoms with Gasteiger partial charge in [-0.2, -0.15) is 0 Å². The molecule has 3 heteroatoms. The SMILES string of the molecule is CCNCCC(C)(O)C1CCCCCN1. The van der Waals surface area contributed by atoms with Crippen LogP contribution in [0, 0.1) is 0 Å². The van der Waals surface area contributed by atoms with Crippen LogP contribution < -0.4 is 10.6 Å². The average Bonchev–Trinajstić information content (AvgIpc) is 2.46. The van der Waals surface area contributed by atoms with Crippen LogP contribution in [0.3, 0.4) is 0 Å². The monoisotopic (exact) mass is 214 g/mol. The van der Waals surface area contributed by atoms with Crippen LogP contribution in [0.4, 0.5) is 0 Å². The van der Waals surface area contributed by atoms with Crippen molar-refractivity contribution in [2.45, 2.75) is 57.6 Å². The third-order valence-electron chi connectivity index (χ3n) is 3.37. The Hall–Kier alpha value is -0.120. The minimum atomic E-state index is -0.563. The maximum atomic E-state index is 10.4. The summed E-state index contributed by atoms with van der Waals surface area (Å²) >= 11 is 0. The average molecular weight is 214 g/mol. The Labute approximate surface area is 93.6 Å². The molecule has 1 rings (SSSR count). The highest BCUT2D eigenvalue weighted by atomic mass is 16.3. The zero-order chi connectivity index (χ0) is 11.1. The normalized spacial score (nSPS) is 27.0. The highest BCUT2D eigenvalue weighted by Gasteiger charge is 2.31. The number of rotatable bonds is 5. The van der Waals surface area contributed by atoms with Gasteiger partial charge in [-0.15, -0.1) is 0 Å². The second-order valence-corrected chi connectivity index (χ2v) is 4.82. The van der Waals surface area contributed by atoms with Gasteiger partial charge in [0.15, 0.2) is 0 Å². The van der Waals surface area contributed by atoms with Gasteiger partial charge in [0, 0.05) is 6.04 Å². The standard InChI is InChI=1S/C12H26N2O/c1-3-13-10-8-12(2,15)11-7-5-4-6-9-14-11/h11,13-15H,3-10H2,1-2H3. The molecule has 1 heterocycles. The smallest absolute Gasteiger partial charge is 0.0784 e. The van der Waals surface area contributed by atoms with Gasteiger partial charge < -0.3 is 15.7 Å². The fourth-order valence-electron chi connectivity index (χ4n) is 2.25. The lowest BCUT2D eigenvalue weighted by Gasteiger charge is -2.33. The molecule has 0 amide bonds. The molecule has 1 aliphatic heterocycles. The van der Waals surface area contributed by atoms with Gasteiger partial charge in [0.25, 0.3) is 0 Å². The predicted octanol–water partition coefficient (Wildman–Crippen LogP) is 1.27. The molecule has 90 valence electrons. The molecule has 0 aliphatic carbocycles. The Morgan fingerprint density at radius 3 is 2.93 bits per heavy atom. The van der Waals surface area contributed by atoms with Crippen molar-refractivity contribution in [1.29, 1.82) is 0 Å². The van der Waals surface area contributed by atoms with Crippen molar-refractivity contribution in [1.82, 2.24) is 10.6 Å². The molecular weight excluding hydrogens is 188 g/mol. The Morgan fingerprint density at radius 2 is 2.20 bits per heavy atom.